The standard InChI is InChI=1S/C11H11F3OS/c1-3-10(15)8-5-4-7(16-2)6-9(8)11(12,13)14/h4-6H,3H2,1-2H3. The van der Waals surface area contributed by atoms with Gasteiger partial charge >= 0.3 is 6.18 Å². The third kappa shape index (κ3) is 2.78. The number of hydrogen-bond donors (Lipinski definition) is 0. The first-order chi connectivity index (χ1) is 7.40. The van der Waals surface area contributed by atoms with E-state index in [-0.39, 0.29) is 12.0 Å². The van der Waals surface area contributed by atoms with Crippen molar-refractivity contribution in [3.05, 3.63) is 29.3 Å². The number of Topliss-reactive ketones (excluding diaryl/α,β-unsaturated/α-hetero) is 1. The summed E-state index contributed by atoms with van der Waals surface area (Å²) >= 11 is 1.22. The normalized spacial score (nSPS) is 11.6. The maximum atomic E-state index is 12.7. The van der Waals surface area contributed by atoms with Crippen molar-refractivity contribution in [2.75, 3.05) is 6.26 Å². The van der Waals surface area contributed by atoms with E-state index in [2.05, 4.69) is 0 Å². The molecular formula is C11H11F3OS. The summed E-state index contributed by atoms with van der Waals surface area (Å²) < 4.78 is 38.1. The lowest BCUT2D eigenvalue weighted by atomic mass is 10.0. The van der Waals surface area contributed by atoms with Crippen molar-refractivity contribution in [2.45, 2.75) is 24.4 Å². The van der Waals surface area contributed by atoms with Gasteiger partial charge in [-0.15, -0.1) is 11.8 Å². The Balaban J connectivity index is 3.33. The largest absolute Gasteiger partial charge is 0.417 e. The molecule has 0 amide bonds. The van der Waals surface area contributed by atoms with Crippen LogP contribution >= 0.6 is 11.8 Å². The molecule has 0 saturated carbocycles. The van der Waals surface area contributed by atoms with Crippen LogP contribution in [0.5, 0.6) is 0 Å². The van der Waals surface area contributed by atoms with E-state index in [1.807, 2.05) is 0 Å². The molecule has 0 fully saturated rings. The van der Waals surface area contributed by atoms with Crippen LogP contribution in [-0.2, 0) is 6.18 Å². The first kappa shape index (κ1) is 13.1. The molecular weight excluding hydrogens is 237 g/mol. The van der Waals surface area contributed by atoms with Crippen molar-refractivity contribution >= 4 is 17.5 Å². The Labute approximate surface area is 96.0 Å². The molecule has 88 valence electrons. The molecule has 0 aliphatic heterocycles. The molecule has 1 rings (SSSR count). The minimum absolute atomic E-state index is 0.0711. The highest BCUT2D eigenvalue weighted by molar-refractivity contribution is 7.98. The SMILES string of the molecule is CCC(=O)c1ccc(SC)cc1C(F)(F)F. The predicted molar refractivity (Wildman–Crippen MR) is 57.8 cm³/mol. The van der Waals surface area contributed by atoms with E-state index in [1.165, 1.54) is 23.9 Å². The Kier molecular flexibility index (Phi) is 4.02. The van der Waals surface area contributed by atoms with Gasteiger partial charge in [0, 0.05) is 16.9 Å². The zero-order valence-electron chi connectivity index (χ0n) is 8.89. The maximum Gasteiger partial charge on any atom is 0.417 e. The van der Waals surface area contributed by atoms with Gasteiger partial charge in [0.15, 0.2) is 5.78 Å². The van der Waals surface area contributed by atoms with Crippen molar-refractivity contribution < 1.29 is 18.0 Å². The van der Waals surface area contributed by atoms with Crippen molar-refractivity contribution in [3.8, 4) is 0 Å². The highest BCUT2D eigenvalue weighted by Gasteiger charge is 2.34. The van der Waals surface area contributed by atoms with Crippen LogP contribution in [0.25, 0.3) is 0 Å². The van der Waals surface area contributed by atoms with E-state index in [4.69, 9.17) is 0 Å². The zero-order valence-corrected chi connectivity index (χ0v) is 9.71. The van der Waals surface area contributed by atoms with Crippen molar-refractivity contribution in [1.29, 1.82) is 0 Å². The van der Waals surface area contributed by atoms with E-state index < -0.39 is 17.5 Å². The molecule has 0 N–H and O–H groups in total. The summed E-state index contributed by atoms with van der Waals surface area (Å²) in [5.74, 6) is -0.486. The van der Waals surface area contributed by atoms with Gasteiger partial charge in [-0.2, -0.15) is 13.2 Å². The predicted octanol–water partition coefficient (Wildman–Crippen LogP) is 4.02. The van der Waals surface area contributed by atoms with Crippen LogP contribution in [0.15, 0.2) is 23.1 Å². The molecule has 16 heavy (non-hydrogen) atoms. The van der Waals surface area contributed by atoms with Crippen LogP contribution in [-0.4, -0.2) is 12.0 Å². The zero-order chi connectivity index (χ0) is 12.3. The average Bonchev–Trinajstić information content (AvgIpc) is 2.26. The number of thioether (sulfide) groups is 1. The molecule has 0 heterocycles. The number of benzene rings is 1. The third-order valence-corrected chi connectivity index (χ3v) is 2.88. The Morgan fingerprint density at radius 2 is 2.00 bits per heavy atom. The molecule has 1 aromatic rings. The van der Waals surface area contributed by atoms with E-state index in [0.717, 1.165) is 6.07 Å². The van der Waals surface area contributed by atoms with Gasteiger partial charge in [-0.3, -0.25) is 4.79 Å². The van der Waals surface area contributed by atoms with Gasteiger partial charge in [0.05, 0.1) is 5.56 Å². The fourth-order valence-corrected chi connectivity index (χ4v) is 1.76. The first-order valence-electron chi connectivity index (χ1n) is 4.68. The van der Waals surface area contributed by atoms with E-state index in [0.29, 0.717) is 4.90 Å². The lowest BCUT2D eigenvalue weighted by Gasteiger charge is -2.12. The molecule has 5 heteroatoms. The van der Waals surface area contributed by atoms with Crippen LogP contribution < -0.4 is 0 Å². The van der Waals surface area contributed by atoms with Gasteiger partial charge < -0.3 is 0 Å². The van der Waals surface area contributed by atoms with Crippen LogP contribution in [0.1, 0.15) is 29.3 Å². The molecule has 1 nitrogen and oxygen atoms in total. The average molecular weight is 248 g/mol. The number of carbonyl (C=O) groups excluding carboxylic acids is 1. The minimum atomic E-state index is -4.48. The monoisotopic (exact) mass is 248 g/mol. The van der Waals surface area contributed by atoms with Crippen molar-refractivity contribution in [1.82, 2.24) is 0 Å². The number of hydrogen-bond acceptors (Lipinski definition) is 2. The molecule has 0 saturated heterocycles. The van der Waals surface area contributed by atoms with Gasteiger partial charge in [-0.05, 0) is 24.5 Å². The Hall–Kier alpha value is -0.970. The van der Waals surface area contributed by atoms with Crippen molar-refractivity contribution in [3.63, 3.8) is 0 Å². The van der Waals surface area contributed by atoms with Crippen LogP contribution in [0.2, 0.25) is 0 Å². The van der Waals surface area contributed by atoms with Gasteiger partial charge in [0.2, 0.25) is 0 Å². The fourth-order valence-electron chi connectivity index (χ4n) is 1.32. The lowest BCUT2D eigenvalue weighted by Crippen LogP contribution is -2.12. The molecule has 0 aliphatic carbocycles. The fraction of sp³-hybridized carbons (Fsp3) is 0.364. The first-order valence-corrected chi connectivity index (χ1v) is 5.91. The topological polar surface area (TPSA) is 17.1 Å². The van der Waals surface area contributed by atoms with E-state index in [9.17, 15) is 18.0 Å². The Bertz CT molecular complexity index is 399. The summed E-state index contributed by atoms with van der Waals surface area (Å²) in [5, 5.41) is 0. The third-order valence-electron chi connectivity index (χ3n) is 2.15. The Morgan fingerprint density at radius 1 is 1.38 bits per heavy atom. The van der Waals surface area contributed by atoms with Crippen LogP contribution in [0.4, 0.5) is 13.2 Å². The number of ketones is 1. The maximum absolute atomic E-state index is 12.7. The molecule has 0 bridgehead atoms. The summed E-state index contributed by atoms with van der Waals surface area (Å²) in [6.07, 6.45) is -2.72. The van der Waals surface area contributed by atoms with Gasteiger partial charge in [-0.1, -0.05) is 6.92 Å². The smallest absolute Gasteiger partial charge is 0.294 e. The summed E-state index contributed by atoms with van der Waals surface area (Å²) in [4.78, 5) is 11.9. The quantitative estimate of drug-likeness (QED) is 0.593. The second-order valence-corrected chi connectivity index (χ2v) is 4.07. The highest BCUT2D eigenvalue weighted by atomic mass is 32.2. The van der Waals surface area contributed by atoms with Gasteiger partial charge in [0.25, 0.3) is 0 Å². The second kappa shape index (κ2) is 4.91. The summed E-state index contributed by atoms with van der Waals surface area (Å²) in [7, 11) is 0. The number of alkyl halides is 3. The number of rotatable bonds is 3. The van der Waals surface area contributed by atoms with Gasteiger partial charge in [-0.25, -0.2) is 0 Å². The van der Waals surface area contributed by atoms with E-state index >= 15 is 0 Å². The molecule has 0 aliphatic rings. The number of carbonyl (C=O) groups is 1. The van der Waals surface area contributed by atoms with Gasteiger partial charge in [0.1, 0.15) is 0 Å². The molecule has 0 spiro atoms. The van der Waals surface area contributed by atoms with E-state index in [1.54, 1.807) is 13.2 Å². The highest BCUT2D eigenvalue weighted by Crippen LogP contribution is 2.34. The van der Waals surface area contributed by atoms with Crippen molar-refractivity contribution in [2.24, 2.45) is 0 Å². The molecule has 1 aromatic carbocycles. The summed E-state index contributed by atoms with van der Waals surface area (Å²) in [5.41, 5.74) is -1.08. The molecule has 0 atom stereocenters. The second-order valence-electron chi connectivity index (χ2n) is 3.19. The molecule has 0 aromatic heterocycles. The number of halogens is 3. The van der Waals surface area contributed by atoms with Crippen LogP contribution in [0, 0.1) is 0 Å². The molecule has 0 radical (unpaired) electrons. The summed E-state index contributed by atoms with van der Waals surface area (Å²) in [6.45, 7) is 1.55. The summed E-state index contributed by atoms with van der Waals surface area (Å²) in [6, 6.07) is 3.80. The molecule has 0 unspecified atom stereocenters. The Morgan fingerprint density at radius 3 is 2.44 bits per heavy atom. The minimum Gasteiger partial charge on any atom is -0.294 e. The lowest BCUT2D eigenvalue weighted by molar-refractivity contribution is -0.138. The van der Waals surface area contributed by atoms with Crippen LogP contribution in [0.3, 0.4) is 0 Å².